The Balaban J connectivity index is 1.57. The third-order valence-corrected chi connectivity index (χ3v) is 5.07. The lowest BCUT2D eigenvalue weighted by Gasteiger charge is -2.27. The Morgan fingerprint density at radius 3 is 2.48 bits per heavy atom. The van der Waals surface area contributed by atoms with Gasteiger partial charge >= 0.3 is 0 Å². The molecule has 0 bridgehead atoms. The van der Waals surface area contributed by atoms with Gasteiger partial charge in [0, 0.05) is 46.0 Å². The molecule has 1 aliphatic rings. The van der Waals surface area contributed by atoms with E-state index in [1.165, 1.54) is 17.7 Å². The Morgan fingerprint density at radius 2 is 1.86 bits per heavy atom. The standard InChI is InChI=1S/C23H31FN2O3/c1-25(2)20-9-5-18(6-10-20)14-26(16-23-4-3-13-28-23)15-21(27)17-29-22-11-7-19(24)8-12-22/h5-12,21,23,27H,3-4,13-17H2,1-2H3. The lowest BCUT2D eigenvalue weighted by Crippen LogP contribution is -2.39. The monoisotopic (exact) mass is 402 g/mol. The second-order valence-electron chi connectivity index (χ2n) is 7.81. The van der Waals surface area contributed by atoms with Gasteiger partial charge in [-0.3, -0.25) is 4.90 Å². The zero-order valence-corrected chi connectivity index (χ0v) is 17.3. The number of halogens is 1. The molecule has 5 nitrogen and oxygen atoms in total. The lowest BCUT2D eigenvalue weighted by atomic mass is 10.1. The van der Waals surface area contributed by atoms with Crippen molar-refractivity contribution >= 4 is 5.69 Å². The van der Waals surface area contributed by atoms with Crippen LogP contribution < -0.4 is 9.64 Å². The first-order chi connectivity index (χ1) is 14.0. The van der Waals surface area contributed by atoms with Gasteiger partial charge in [-0.05, 0) is 54.8 Å². The van der Waals surface area contributed by atoms with Crippen LogP contribution in [-0.2, 0) is 11.3 Å². The summed E-state index contributed by atoms with van der Waals surface area (Å²) < 4.78 is 24.4. The van der Waals surface area contributed by atoms with E-state index in [9.17, 15) is 9.50 Å². The minimum Gasteiger partial charge on any atom is -0.491 e. The number of aliphatic hydroxyl groups is 1. The Kier molecular flexibility index (Phi) is 7.86. The van der Waals surface area contributed by atoms with E-state index in [4.69, 9.17) is 9.47 Å². The molecule has 0 radical (unpaired) electrons. The molecule has 2 atom stereocenters. The van der Waals surface area contributed by atoms with Crippen LogP contribution in [0.5, 0.6) is 5.75 Å². The third-order valence-electron chi connectivity index (χ3n) is 5.07. The minimum absolute atomic E-state index is 0.160. The van der Waals surface area contributed by atoms with Crippen LogP contribution in [0.1, 0.15) is 18.4 Å². The number of hydrogen-bond acceptors (Lipinski definition) is 5. The number of ether oxygens (including phenoxy) is 2. The number of aliphatic hydroxyl groups excluding tert-OH is 1. The van der Waals surface area contributed by atoms with Crippen molar-refractivity contribution in [1.82, 2.24) is 4.90 Å². The van der Waals surface area contributed by atoms with E-state index in [0.29, 0.717) is 12.3 Å². The molecule has 1 heterocycles. The average Bonchev–Trinajstić information content (AvgIpc) is 3.21. The van der Waals surface area contributed by atoms with Gasteiger partial charge in [-0.2, -0.15) is 0 Å². The van der Waals surface area contributed by atoms with Gasteiger partial charge in [0.2, 0.25) is 0 Å². The zero-order valence-electron chi connectivity index (χ0n) is 17.3. The third kappa shape index (κ3) is 6.99. The van der Waals surface area contributed by atoms with Crippen molar-refractivity contribution in [1.29, 1.82) is 0 Å². The van der Waals surface area contributed by atoms with Crippen molar-refractivity contribution in [3.05, 3.63) is 59.9 Å². The van der Waals surface area contributed by atoms with Crippen LogP contribution in [0.15, 0.2) is 48.5 Å². The fraction of sp³-hybridized carbons (Fsp3) is 0.478. The molecule has 2 unspecified atom stereocenters. The highest BCUT2D eigenvalue weighted by Crippen LogP contribution is 2.18. The molecule has 2 aromatic rings. The van der Waals surface area contributed by atoms with Crippen LogP contribution in [-0.4, -0.2) is 62.6 Å². The molecule has 0 aromatic heterocycles. The molecule has 0 spiro atoms. The predicted molar refractivity (Wildman–Crippen MR) is 113 cm³/mol. The zero-order chi connectivity index (χ0) is 20.6. The predicted octanol–water partition coefficient (Wildman–Crippen LogP) is 3.31. The molecule has 1 N–H and O–H groups in total. The van der Waals surface area contributed by atoms with E-state index >= 15 is 0 Å². The van der Waals surface area contributed by atoms with Crippen molar-refractivity contribution in [3.8, 4) is 5.75 Å². The fourth-order valence-electron chi connectivity index (χ4n) is 3.51. The van der Waals surface area contributed by atoms with Crippen molar-refractivity contribution in [2.75, 3.05) is 45.3 Å². The Hall–Kier alpha value is -2.15. The number of nitrogens with zero attached hydrogens (tertiary/aromatic N) is 2. The highest BCUT2D eigenvalue weighted by Gasteiger charge is 2.21. The molecule has 1 fully saturated rings. The van der Waals surface area contributed by atoms with Gasteiger partial charge in [0.05, 0.1) is 6.10 Å². The topological polar surface area (TPSA) is 45.2 Å². The molecule has 0 aliphatic carbocycles. The van der Waals surface area contributed by atoms with Crippen LogP contribution in [0.3, 0.4) is 0 Å². The van der Waals surface area contributed by atoms with Crippen molar-refractivity contribution in [3.63, 3.8) is 0 Å². The van der Waals surface area contributed by atoms with Gasteiger partial charge in [0.1, 0.15) is 24.3 Å². The van der Waals surface area contributed by atoms with Gasteiger partial charge in [-0.25, -0.2) is 4.39 Å². The van der Waals surface area contributed by atoms with E-state index in [1.807, 2.05) is 14.1 Å². The maximum Gasteiger partial charge on any atom is 0.123 e. The molecule has 2 aromatic carbocycles. The van der Waals surface area contributed by atoms with Crippen molar-refractivity contribution < 1.29 is 19.0 Å². The Bertz CT molecular complexity index is 731. The van der Waals surface area contributed by atoms with Gasteiger partial charge in [-0.15, -0.1) is 0 Å². The van der Waals surface area contributed by atoms with E-state index in [2.05, 4.69) is 34.1 Å². The van der Waals surface area contributed by atoms with Gasteiger partial charge in [0.15, 0.2) is 0 Å². The lowest BCUT2D eigenvalue weighted by molar-refractivity contribution is 0.0313. The van der Waals surface area contributed by atoms with Crippen LogP contribution >= 0.6 is 0 Å². The summed E-state index contributed by atoms with van der Waals surface area (Å²) in [5, 5.41) is 10.5. The van der Waals surface area contributed by atoms with Crippen LogP contribution in [0.25, 0.3) is 0 Å². The molecule has 0 saturated carbocycles. The number of benzene rings is 2. The summed E-state index contributed by atoms with van der Waals surface area (Å²) in [5.74, 6) is 0.247. The molecule has 29 heavy (non-hydrogen) atoms. The highest BCUT2D eigenvalue weighted by atomic mass is 19.1. The van der Waals surface area contributed by atoms with Crippen molar-refractivity contribution in [2.45, 2.75) is 31.6 Å². The summed E-state index contributed by atoms with van der Waals surface area (Å²) >= 11 is 0. The van der Waals surface area contributed by atoms with Gasteiger partial charge < -0.3 is 19.5 Å². The smallest absolute Gasteiger partial charge is 0.123 e. The molecule has 1 saturated heterocycles. The molecule has 1 aliphatic heterocycles. The Labute approximate surface area is 172 Å². The molecular formula is C23H31FN2O3. The maximum absolute atomic E-state index is 13.0. The van der Waals surface area contributed by atoms with Crippen LogP contribution in [0.2, 0.25) is 0 Å². The van der Waals surface area contributed by atoms with E-state index in [1.54, 1.807) is 12.1 Å². The van der Waals surface area contributed by atoms with E-state index in [-0.39, 0.29) is 18.5 Å². The van der Waals surface area contributed by atoms with Gasteiger partial charge in [0.25, 0.3) is 0 Å². The van der Waals surface area contributed by atoms with Gasteiger partial charge in [-0.1, -0.05) is 12.1 Å². The second-order valence-corrected chi connectivity index (χ2v) is 7.81. The normalized spacial score (nSPS) is 17.5. The summed E-state index contributed by atoms with van der Waals surface area (Å²) in [4.78, 5) is 4.30. The first-order valence-electron chi connectivity index (χ1n) is 10.2. The summed E-state index contributed by atoms with van der Waals surface area (Å²) in [6, 6.07) is 14.3. The van der Waals surface area contributed by atoms with Crippen molar-refractivity contribution in [2.24, 2.45) is 0 Å². The summed E-state index contributed by atoms with van der Waals surface area (Å²) in [7, 11) is 4.05. The number of hydrogen-bond donors (Lipinski definition) is 1. The average molecular weight is 403 g/mol. The Morgan fingerprint density at radius 1 is 1.14 bits per heavy atom. The first-order valence-corrected chi connectivity index (χ1v) is 10.2. The molecular weight excluding hydrogens is 371 g/mol. The summed E-state index contributed by atoms with van der Waals surface area (Å²) in [6.45, 7) is 2.97. The quantitative estimate of drug-likeness (QED) is 0.661. The fourth-order valence-corrected chi connectivity index (χ4v) is 3.51. The molecule has 158 valence electrons. The summed E-state index contributed by atoms with van der Waals surface area (Å²) in [5.41, 5.74) is 2.35. The van der Waals surface area contributed by atoms with Crippen LogP contribution in [0, 0.1) is 5.82 Å². The molecule has 3 rings (SSSR count). The number of rotatable bonds is 10. The minimum atomic E-state index is -0.650. The number of anilines is 1. The largest absolute Gasteiger partial charge is 0.491 e. The van der Waals surface area contributed by atoms with E-state index in [0.717, 1.165) is 38.2 Å². The molecule has 6 heteroatoms. The SMILES string of the molecule is CN(C)c1ccc(CN(CC(O)COc2ccc(F)cc2)CC2CCCO2)cc1. The van der Waals surface area contributed by atoms with E-state index < -0.39 is 6.10 Å². The highest BCUT2D eigenvalue weighted by molar-refractivity contribution is 5.45. The molecule has 0 amide bonds. The van der Waals surface area contributed by atoms with Crippen LogP contribution in [0.4, 0.5) is 10.1 Å². The second kappa shape index (κ2) is 10.6. The summed E-state index contributed by atoms with van der Waals surface area (Å²) in [6.07, 6.45) is 1.70. The first kappa shape index (κ1) is 21.6. The maximum atomic E-state index is 13.0.